The van der Waals surface area contributed by atoms with Gasteiger partial charge in [-0.15, -0.1) is 0 Å². The van der Waals surface area contributed by atoms with E-state index >= 15 is 0 Å². The molecule has 4 unspecified atom stereocenters. The summed E-state index contributed by atoms with van der Waals surface area (Å²) >= 11 is 0. The molecule has 4 atom stereocenters. The van der Waals surface area contributed by atoms with E-state index in [1.54, 1.807) is 0 Å². The molecule has 0 amide bonds. The molecule has 2 nitrogen and oxygen atoms in total. The zero-order valence-corrected chi connectivity index (χ0v) is 22.8. The topological polar surface area (TPSA) is 0 Å². The van der Waals surface area contributed by atoms with Crippen LogP contribution in [0.2, 0.25) is 0 Å². The van der Waals surface area contributed by atoms with Gasteiger partial charge in [-0.25, -0.2) is 0 Å². The average molecular weight is 435 g/mol. The third kappa shape index (κ3) is 5.71. The summed E-state index contributed by atoms with van der Waals surface area (Å²) in [5.74, 6) is 1.88. The Morgan fingerprint density at radius 3 is 1.55 bits per heavy atom. The highest BCUT2D eigenvalue weighted by Gasteiger charge is 2.49. The van der Waals surface area contributed by atoms with Gasteiger partial charge in [-0.1, -0.05) is 41.5 Å². The minimum Gasteiger partial charge on any atom is -0.321 e. The third-order valence-electron chi connectivity index (χ3n) is 10.3. The summed E-state index contributed by atoms with van der Waals surface area (Å²) in [5, 5.41) is 0. The van der Waals surface area contributed by atoms with Gasteiger partial charge in [0.25, 0.3) is 0 Å². The van der Waals surface area contributed by atoms with Crippen molar-refractivity contribution < 1.29 is 8.97 Å². The van der Waals surface area contributed by atoms with E-state index in [9.17, 15) is 0 Å². The molecule has 0 radical (unpaired) electrons. The molecule has 31 heavy (non-hydrogen) atoms. The Labute approximate surface area is 196 Å². The summed E-state index contributed by atoms with van der Waals surface area (Å²) in [4.78, 5) is 0. The summed E-state index contributed by atoms with van der Waals surface area (Å²) < 4.78 is 2.90. The van der Waals surface area contributed by atoms with Crippen LogP contribution in [0.1, 0.15) is 113 Å². The molecule has 2 heteroatoms. The number of likely N-dealkylation sites (tertiary alicyclic amines) is 2. The molecule has 0 N–H and O–H groups in total. The third-order valence-corrected chi connectivity index (χ3v) is 10.3. The van der Waals surface area contributed by atoms with Crippen LogP contribution in [0.3, 0.4) is 0 Å². The molecule has 4 fully saturated rings. The van der Waals surface area contributed by atoms with Crippen molar-refractivity contribution in [1.82, 2.24) is 0 Å². The SMILES string of the molecule is CC[N+]1(C2CC(C)(C)CC2C)CCCC1.CC[N+]1(C2CC(C)CC(C)(C)C2)CCCC1. The number of quaternary nitrogens is 2. The maximum atomic E-state index is 2.49. The van der Waals surface area contributed by atoms with E-state index in [4.69, 9.17) is 0 Å². The summed E-state index contributed by atoms with van der Waals surface area (Å²) in [6, 6.07) is 1.93. The molecule has 182 valence electrons. The van der Waals surface area contributed by atoms with Crippen molar-refractivity contribution in [2.75, 3.05) is 39.3 Å². The van der Waals surface area contributed by atoms with Gasteiger partial charge in [0.15, 0.2) is 0 Å². The van der Waals surface area contributed by atoms with Crippen molar-refractivity contribution in [3.05, 3.63) is 0 Å². The van der Waals surface area contributed by atoms with E-state index in [1.165, 1.54) is 106 Å². The number of hydrogen-bond donors (Lipinski definition) is 0. The normalized spacial score (nSPS) is 37.9. The highest BCUT2D eigenvalue weighted by atomic mass is 15.4. The van der Waals surface area contributed by atoms with Crippen molar-refractivity contribution in [3.8, 4) is 0 Å². The maximum absolute atomic E-state index is 2.49. The molecule has 4 aliphatic rings. The fraction of sp³-hybridized carbons (Fsp3) is 1.00. The van der Waals surface area contributed by atoms with Crippen LogP contribution in [-0.4, -0.2) is 60.3 Å². The van der Waals surface area contributed by atoms with Gasteiger partial charge in [-0.3, -0.25) is 0 Å². The van der Waals surface area contributed by atoms with Crippen LogP contribution in [0.25, 0.3) is 0 Å². The maximum Gasteiger partial charge on any atom is 0.0921 e. The quantitative estimate of drug-likeness (QED) is 0.408. The van der Waals surface area contributed by atoms with E-state index in [2.05, 4.69) is 55.4 Å². The van der Waals surface area contributed by atoms with Crippen LogP contribution < -0.4 is 0 Å². The second-order valence-corrected chi connectivity index (χ2v) is 14.1. The molecule has 0 spiro atoms. The van der Waals surface area contributed by atoms with Gasteiger partial charge in [0, 0.05) is 50.9 Å². The Morgan fingerprint density at radius 2 is 1.13 bits per heavy atom. The molecule has 4 rings (SSSR count). The van der Waals surface area contributed by atoms with Gasteiger partial charge in [-0.05, 0) is 43.4 Å². The summed E-state index contributed by atoms with van der Waals surface area (Å²) in [5.41, 5.74) is 1.19. The first kappa shape index (κ1) is 25.5. The lowest BCUT2D eigenvalue weighted by atomic mass is 9.69. The molecule has 2 saturated carbocycles. The van der Waals surface area contributed by atoms with Gasteiger partial charge in [0.05, 0.1) is 51.4 Å². The first-order valence-electron chi connectivity index (χ1n) is 14.2. The van der Waals surface area contributed by atoms with E-state index in [1.807, 2.05) is 0 Å². The second kappa shape index (κ2) is 9.65. The molecule has 0 aromatic rings. The Bertz CT molecular complexity index is 565. The second-order valence-electron chi connectivity index (χ2n) is 14.1. The standard InChI is InChI=1S/C15H30N.C14H28N/c1-5-16(8-6-7-9-16)14-10-13(2)11-15(3,4)12-14;1-5-15(8-6-7-9-15)13-11-14(3,4)10-12(13)2/h13-14H,5-12H2,1-4H3;12-13H,5-11H2,1-4H3/q2*+1. The van der Waals surface area contributed by atoms with Gasteiger partial charge in [0.1, 0.15) is 0 Å². The molecule has 2 aliphatic carbocycles. The Kier molecular flexibility index (Phi) is 7.95. The van der Waals surface area contributed by atoms with E-state index < -0.39 is 0 Å². The number of nitrogens with zero attached hydrogens (tertiary/aromatic N) is 2. The average Bonchev–Trinajstić information content (AvgIpc) is 3.40. The van der Waals surface area contributed by atoms with Crippen LogP contribution in [0.5, 0.6) is 0 Å². The molecule has 2 heterocycles. The number of hydrogen-bond acceptors (Lipinski definition) is 0. The lowest BCUT2D eigenvalue weighted by molar-refractivity contribution is -0.941. The number of rotatable bonds is 4. The van der Waals surface area contributed by atoms with Crippen molar-refractivity contribution in [2.45, 2.75) is 125 Å². The zero-order chi connectivity index (χ0) is 22.9. The molecular weight excluding hydrogens is 376 g/mol. The predicted molar refractivity (Wildman–Crippen MR) is 136 cm³/mol. The summed E-state index contributed by atoms with van der Waals surface area (Å²) in [7, 11) is 0. The molecule has 2 aliphatic heterocycles. The fourth-order valence-electron chi connectivity index (χ4n) is 9.06. The Balaban J connectivity index is 0.000000176. The van der Waals surface area contributed by atoms with Crippen molar-refractivity contribution in [2.24, 2.45) is 22.7 Å². The highest BCUT2D eigenvalue weighted by molar-refractivity contribution is 4.89. The van der Waals surface area contributed by atoms with E-state index in [0.717, 1.165) is 23.9 Å². The summed E-state index contributed by atoms with van der Waals surface area (Å²) in [6.07, 6.45) is 13.2. The van der Waals surface area contributed by atoms with Crippen LogP contribution in [0.15, 0.2) is 0 Å². The fourth-order valence-corrected chi connectivity index (χ4v) is 9.06. The van der Waals surface area contributed by atoms with Crippen molar-refractivity contribution >= 4 is 0 Å². The van der Waals surface area contributed by atoms with E-state index in [-0.39, 0.29) is 0 Å². The van der Waals surface area contributed by atoms with Crippen LogP contribution in [-0.2, 0) is 0 Å². The van der Waals surface area contributed by atoms with Crippen molar-refractivity contribution in [1.29, 1.82) is 0 Å². The lowest BCUT2D eigenvalue weighted by Crippen LogP contribution is -2.56. The zero-order valence-electron chi connectivity index (χ0n) is 22.8. The van der Waals surface area contributed by atoms with Crippen molar-refractivity contribution in [3.63, 3.8) is 0 Å². The van der Waals surface area contributed by atoms with Crippen LogP contribution in [0, 0.1) is 22.7 Å². The van der Waals surface area contributed by atoms with Crippen LogP contribution >= 0.6 is 0 Å². The van der Waals surface area contributed by atoms with Gasteiger partial charge >= 0.3 is 0 Å². The van der Waals surface area contributed by atoms with E-state index in [0.29, 0.717) is 10.8 Å². The highest BCUT2D eigenvalue weighted by Crippen LogP contribution is 2.47. The molecule has 0 aromatic heterocycles. The minimum absolute atomic E-state index is 0.589. The van der Waals surface area contributed by atoms with Gasteiger partial charge < -0.3 is 8.97 Å². The monoisotopic (exact) mass is 434 g/mol. The smallest absolute Gasteiger partial charge is 0.0921 e. The Morgan fingerprint density at radius 1 is 0.645 bits per heavy atom. The molecular formula is C29H58N2+2. The Hall–Kier alpha value is -0.0800. The van der Waals surface area contributed by atoms with Gasteiger partial charge in [-0.2, -0.15) is 0 Å². The molecule has 0 aromatic carbocycles. The summed E-state index contributed by atoms with van der Waals surface area (Å²) in [6.45, 7) is 28.3. The first-order chi connectivity index (χ1) is 14.5. The first-order valence-corrected chi connectivity index (χ1v) is 14.2. The predicted octanol–water partition coefficient (Wildman–Crippen LogP) is 7.27. The van der Waals surface area contributed by atoms with Gasteiger partial charge in [0.2, 0.25) is 0 Å². The molecule has 2 saturated heterocycles. The van der Waals surface area contributed by atoms with Crippen LogP contribution in [0.4, 0.5) is 0 Å². The lowest BCUT2D eigenvalue weighted by Gasteiger charge is -2.48. The minimum atomic E-state index is 0.589. The molecule has 0 bridgehead atoms. The largest absolute Gasteiger partial charge is 0.321 e.